The molecule has 0 saturated heterocycles. The molecule has 0 aromatic rings. The van der Waals surface area contributed by atoms with Gasteiger partial charge in [-0.1, -0.05) is 35.2 Å². The van der Waals surface area contributed by atoms with Crippen molar-refractivity contribution in [2.45, 2.75) is 62.8 Å². The predicted molar refractivity (Wildman–Crippen MR) is 69.0 cm³/mol. The summed E-state index contributed by atoms with van der Waals surface area (Å²) < 4.78 is 5.29. The molecular formula is C12H22BrNO2. The van der Waals surface area contributed by atoms with Gasteiger partial charge in [-0.2, -0.15) is 0 Å². The zero-order valence-electron chi connectivity index (χ0n) is 10.4. The van der Waals surface area contributed by atoms with Gasteiger partial charge in [-0.3, -0.25) is 0 Å². The number of carbonyl (C=O) groups excluding carboxylic acids is 1. The lowest BCUT2D eigenvalue weighted by Crippen LogP contribution is -2.42. The Kier molecular flexibility index (Phi) is 4.65. The first-order valence-electron chi connectivity index (χ1n) is 5.97. The van der Waals surface area contributed by atoms with Gasteiger partial charge >= 0.3 is 6.09 Å². The molecule has 0 radical (unpaired) electrons. The van der Waals surface area contributed by atoms with E-state index < -0.39 is 5.60 Å². The summed E-state index contributed by atoms with van der Waals surface area (Å²) in [6.45, 7) is 6.27. The van der Waals surface area contributed by atoms with Gasteiger partial charge in [0.15, 0.2) is 0 Å². The molecule has 1 fully saturated rings. The molecule has 3 nitrogen and oxygen atoms in total. The van der Waals surface area contributed by atoms with E-state index in [0.717, 1.165) is 12.8 Å². The Hall–Kier alpha value is -0.250. The van der Waals surface area contributed by atoms with Gasteiger partial charge in [0.1, 0.15) is 5.60 Å². The number of carbonyl (C=O) groups is 1. The molecule has 0 bridgehead atoms. The predicted octanol–water partition coefficient (Wildman–Crippen LogP) is 3.61. The van der Waals surface area contributed by atoms with Gasteiger partial charge in [0.05, 0.1) is 0 Å². The number of hydrogen-bond acceptors (Lipinski definition) is 2. The topological polar surface area (TPSA) is 38.3 Å². The van der Waals surface area contributed by atoms with Crippen molar-refractivity contribution >= 4 is 22.0 Å². The highest BCUT2D eigenvalue weighted by molar-refractivity contribution is 9.10. The van der Waals surface area contributed by atoms with E-state index in [1.807, 2.05) is 20.8 Å². The van der Waals surface area contributed by atoms with Crippen LogP contribution in [0, 0.1) is 0 Å². The van der Waals surface area contributed by atoms with Crippen LogP contribution in [0.4, 0.5) is 4.79 Å². The van der Waals surface area contributed by atoms with Gasteiger partial charge in [0, 0.05) is 10.9 Å². The first-order chi connectivity index (χ1) is 7.31. The minimum atomic E-state index is -0.421. The number of halogens is 1. The summed E-state index contributed by atoms with van der Waals surface area (Å²) in [5.41, 5.74) is -0.421. The zero-order valence-corrected chi connectivity index (χ0v) is 12.0. The first kappa shape index (κ1) is 13.8. The van der Waals surface area contributed by atoms with E-state index in [1.165, 1.54) is 19.3 Å². The van der Waals surface area contributed by atoms with Crippen LogP contribution in [-0.4, -0.2) is 22.6 Å². The normalized spacial score (nSPS) is 20.2. The van der Waals surface area contributed by atoms with Crippen molar-refractivity contribution in [3.05, 3.63) is 0 Å². The van der Waals surface area contributed by atoms with E-state index in [-0.39, 0.29) is 10.4 Å². The van der Waals surface area contributed by atoms with E-state index in [2.05, 4.69) is 21.2 Å². The third kappa shape index (κ3) is 5.19. The summed E-state index contributed by atoms with van der Waals surface area (Å²) in [5, 5.41) is 2.84. The Morgan fingerprint density at radius 1 is 1.31 bits per heavy atom. The molecule has 1 rings (SSSR count). The third-order valence-corrected chi connectivity index (χ3v) is 3.77. The highest BCUT2D eigenvalue weighted by Gasteiger charge is 2.29. The lowest BCUT2D eigenvalue weighted by molar-refractivity contribution is 0.0520. The number of alkyl carbamates (subject to hydrolysis) is 1. The molecule has 0 aliphatic heterocycles. The average molecular weight is 292 g/mol. The molecule has 1 amide bonds. The van der Waals surface area contributed by atoms with E-state index in [4.69, 9.17) is 4.74 Å². The number of alkyl halides is 1. The monoisotopic (exact) mass is 291 g/mol. The molecule has 1 N–H and O–H groups in total. The second-order valence-electron chi connectivity index (χ2n) is 5.57. The smallest absolute Gasteiger partial charge is 0.407 e. The fourth-order valence-electron chi connectivity index (χ4n) is 1.91. The Balaban J connectivity index is 2.30. The number of rotatable bonds is 2. The highest BCUT2D eigenvalue weighted by atomic mass is 79.9. The van der Waals surface area contributed by atoms with Crippen LogP contribution >= 0.6 is 15.9 Å². The molecule has 1 aliphatic carbocycles. The minimum Gasteiger partial charge on any atom is -0.444 e. The second-order valence-corrected chi connectivity index (χ2v) is 7.25. The van der Waals surface area contributed by atoms with Crippen molar-refractivity contribution in [3.63, 3.8) is 0 Å². The van der Waals surface area contributed by atoms with Crippen molar-refractivity contribution in [1.82, 2.24) is 5.32 Å². The molecule has 0 atom stereocenters. The zero-order chi connectivity index (χ0) is 12.2. The first-order valence-corrected chi connectivity index (χ1v) is 6.76. The molecule has 0 aromatic carbocycles. The Bertz CT molecular complexity index is 242. The number of hydrogen-bond donors (Lipinski definition) is 1. The maximum absolute atomic E-state index is 11.5. The van der Waals surface area contributed by atoms with Gasteiger partial charge in [-0.25, -0.2) is 4.79 Å². The Morgan fingerprint density at radius 3 is 2.38 bits per heavy atom. The number of nitrogens with one attached hydrogen (secondary N) is 1. The van der Waals surface area contributed by atoms with Crippen molar-refractivity contribution in [2.75, 3.05) is 6.54 Å². The molecule has 0 spiro atoms. The molecule has 16 heavy (non-hydrogen) atoms. The highest BCUT2D eigenvalue weighted by Crippen LogP contribution is 2.35. The molecular weight excluding hydrogens is 270 g/mol. The summed E-state index contributed by atoms with van der Waals surface area (Å²) in [4.78, 5) is 11.5. The Morgan fingerprint density at radius 2 is 1.88 bits per heavy atom. The van der Waals surface area contributed by atoms with E-state index in [9.17, 15) is 4.79 Å². The second kappa shape index (κ2) is 5.39. The van der Waals surface area contributed by atoms with Crippen LogP contribution in [0.1, 0.15) is 52.9 Å². The SMILES string of the molecule is CC(C)(C)OC(=O)NCC1(Br)CCCCC1. The fraction of sp³-hybridized carbons (Fsp3) is 0.917. The van der Waals surface area contributed by atoms with Crippen LogP contribution < -0.4 is 5.32 Å². The molecule has 1 saturated carbocycles. The van der Waals surface area contributed by atoms with Crippen molar-refractivity contribution in [1.29, 1.82) is 0 Å². The van der Waals surface area contributed by atoms with Crippen LogP contribution in [0.15, 0.2) is 0 Å². The van der Waals surface area contributed by atoms with Gasteiger partial charge < -0.3 is 10.1 Å². The minimum absolute atomic E-state index is 0.0855. The summed E-state index contributed by atoms with van der Waals surface area (Å²) >= 11 is 3.73. The molecule has 4 heteroatoms. The number of ether oxygens (including phenoxy) is 1. The molecule has 0 aromatic heterocycles. The number of amides is 1. The quantitative estimate of drug-likeness (QED) is 0.790. The summed E-state index contributed by atoms with van der Waals surface area (Å²) in [5.74, 6) is 0. The third-order valence-electron chi connectivity index (χ3n) is 2.70. The van der Waals surface area contributed by atoms with Gasteiger partial charge in [0.25, 0.3) is 0 Å². The lowest BCUT2D eigenvalue weighted by Gasteiger charge is -2.32. The Labute approximate surface area is 106 Å². The van der Waals surface area contributed by atoms with E-state index in [0.29, 0.717) is 6.54 Å². The van der Waals surface area contributed by atoms with Gasteiger partial charge in [-0.15, -0.1) is 0 Å². The van der Waals surface area contributed by atoms with Crippen molar-refractivity contribution < 1.29 is 9.53 Å². The fourth-order valence-corrected chi connectivity index (χ4v) is 2.61. The largest absolute Gasteiger partial charge is 0.444 e. The lowest BCUT2D eigenvalue weighted by atomic mass is 9.89. The average Bonchev–Trinajstić information content (AvgIpc) is 2.14. The van der Waals surface area contributed by atoms with E-state index in [1.54, 1.807) is 0 Å². The van der Waals surface area contributed by atoms with Crippen LogP contribution in [0.3, 0.4) is 0 Å². The molecule has 1 aliphatic rings. The van der Waals surface area contributed by atoms with Crippen LogP contribution in [0.2, 0.25) is 0 Å². The maximum Gasteiger partial charge on any atom is 0.407 e. The summed E-state index contributed by atoms with van der Waals surface area (Å²) in [7, 11) is 0. The summed E-state index contributed by atoms with van der Waals surface area (Å²) in [6.07, 6.45) is 5.71. The van der Waals surface area contributed by atoms with Crippen molar-refractivity contribution in [3.8, 4) is 0 Å². The van der Waals surface area contributed by atoms with Crippen LogP contribution in [0.25, 0.3) is 0 Å². The van der Waals surface area contributed by atoms with Crippen LogP contribution in [0.5, 0.6) is 0 Å². The van der Waals surface area contributed by atoms with Gasteiger partial charge in [-0.05, 0) is 33.6 Å². The van der Waals surface area contributed by atoms with E-state index >= 15 is 0 Å². The molecule has 0 heterocycles. The van der Waals surface area contributed by atoms with Crippen molar-refractivity contribution in [2.24, 2.45) is 0 Å². The standard InChI is InChI=1S/C12H22BrNO2/c1-11(2,3)16-10(15)14-9-12(13)7-5-4-6-8-12/h4-9H2,1-3H3,(H,14,15). The van der Waals surface area contributed by atoms with Crippen LogP contribution in [-0.2, 0) is 4.74 Å². The van der Waals surface area contributed by atoms with Gasteiger partial charge in [0.2, 0.25) is 0 Å². The summed E-state index contributed by atoms with van der Waals surface area (Å²) in [6, 6.07) is 0. The molecule has 94 valence electrons. The molecule has 0 unspecified atom stereocenters. The maximum atomic E-state index is 11.5.